The van der Waals surface area contributed by atoms with Gasteiger partial charge in [0.05, 0.1) is 12.7 Å². The maximum Gasteiger partial charge on any atom is 0.417 e. The van der Waals surface area contributed by atoms with Crippen molar-refractivity contribution in [2.24, 2.45) is 0 Å². The van der Waals surface area contributed by atoms with Gasteiger partial charge in [-0.1, -0.05) is 24.3 Å². The van der Waals surface area contributed by atoms with E-state index in [9.17, 15) is 13.2 Å². The van der Waals surface area contributed by atoms with Crippen LogP contribution in [0.5, 0.6) is 5.75 Å². The van der Waals surface area contributed by atoms with Gasteiger partial charge in [0.25, 0.3) is 0 Å². The molecule has 0 radical (unpaired) electrons. The van der Waals surface area contributed by atoms with E-state index < -0.39 is 11.7 Å². The topological polar surface area (TPSA) is 12.5 Å². The minimum atomic E-state index is -4.30. The molecular formula is C14H14F3NO. The van der Waals surface area contributed by atoms with Crippen molar-refractivity contribution in [3.05, 3.63) is 53.8 Å². The van der Waals surface area contributed by atoms with Crippen molar-refractivity contribution in [2.45, 2.75) is 12.7 Å². The SMILES string of the molecule is COc1ccc(CN2C=C(C(F)(F)F)C=CC2)cc1. The van der Waals surface area contributed by atoms with Gasteiger partial charge in [-0.15, -0.1) is 0 Å². The maximum atomic E-state index is 12.6. The summed E-state index contributed by atoms with van der Waals surface area (Å²) in [6.07, 6.45) is -0.504. The fraction of sp³-hybridized carbons (Fsp3) is 0.286. The summed E-state index contributed by atoms with van der Waals surface area (Å²) in [5.74, 6) is 0.730. The van der Waals surface area contributed by atoms with Gasteiger partial charge in [0.15, 0.2) is 0 Å². The number of ether oxygens (including phenoxy) is 1. The Morgan fingerprint density at radius 1 is 1.21 bits per heavy atom. The van der Waals surface area contributed by atoms with Crippen molar-refractivity contribution in [3.8, 4) is 5.75 Å². The van der Waals surface area contributed by atoms with Crippen LogP contribution in [-0.4, -0.2) is 24.7 Å². The second-order valence-electron chi connectivity index (χ2n) is 4.26. The highest BCUT2D eigenvalue weighted by Gasteiger charge is 2.33. The Bertz CT molecular complexity index is 488. The molecule has 0 fully saturated rings. The third-order valence-corrected chi connectivity index (χ3v) is 2.83. The molecular weight excluding hydrogens is 255 g/mol. The Morgan fingerprint density at radius 3 is 2.47 bits per heavy atom. The fourth-order valence-corrected chi connectivity index (χ4v) is 1.85. The molecule has 0 aliphatic carbocycles. The number of halogens is 3. The number of hydrogen-bond donors (Lipinski definition) is 0. The van der Waals surface area contributed by atoms with Gasteiger partial charge >= 0.3 is 6.18 Å². The summed E-state index contributed by atoms with van der Waals surface area (Å²) in [6.45, 7) is 0.916. The highest BCUT2D eigenvalue weighted by molar-refractivity contribution is 5.29. The Labute approximate surface area is 109 Å². The second-order valence-corrected chi connectivity index (χ2v) is 4.26. The van der Waals surface area contributed by atoms with Crippen LogP contribution in [0.1, 0.15) is 5.56 Å². The van der Waals surface area contributed by atoms with E-state index in [0.29, 0.717) is 13.1 Å². The first-order chi connectivity index (χ1) is 8.99. The van der Waals surface area contributed by atoms with E-state index >= 15 is 0 Å². The highest BCUT2D eigenvalue weighted by atomic mass is 19.4. The van der Waals surface area contributed by atoms with Crippen LogP contribution in [0.2, 0.25) is 0 Å². The van der Waals surface area contributed by atoms with E-state index in [-0.39, 0.29) is 0 Å². The zero-order chi connectivity index (χ0) is 13.9. The van der Waals surface area contributed by atoms with Crippen LogP contribution >= 0.6 is 0 Å². The normalized spacial score (nSPS) is 15.4. The molecule has 1 heterocycles. The number of hydrogen-bond acceptors (Lipinski definition) is 2. The van der Waals surface area contributed by atoms with Gasteiger partial charge in [-0.25, -0.2) is 0 Å². The lowest BCUT2D eigenvalue weighted by Gasteiger charge is -2.24. The van der Waals surface area contributed by atoms with Crippen LogP contribution in [0.3, 0.4) is 0 Å². The van der Waals surface area contributed by atoms with E-state index in [0.717, 1.165) is 23.6 Å². The zero-order valence-corrected chi connectivity index (χ0v) is 10.4. The van der Waals surface area contributed by atoms with E-state index in [1.807, 2.05) is 12.1 Å². The first kappa shape index (κ1) is 13.5. The Balaban J connectivity index is 2.07. The quantitative estimate of drug-likeness (QED) is 0.832. The lowest BCUT2D eigenvalue weighted by molar-refractivity contribution is -0.0896. The van der Waals surface area contributed by atoms with Crippen molar-refractivity contribution < 1.29 is 17.9 Å². The fourth-order valence-electron chi connectivity index (χ4n) is 1.85. The van der Waals surface area contributed by atoms with Crippen LogP contribution in [-0.2, 0) is 6.54 Å². The molecule has 1 aliphatic rings. The maximum absolute atomic E-state index is 12.6. The summed E-state index contributed by atoms with van der Waals surface area (Å²) in [5, 5.41) is 0. The lowest BCUT2D eigenvalue weighted by atomic mass is 10.1. The molecule has 19 heavy (non-hydrogen) atoms. The van der Waals surface area contributed by atoms with Gasteiger partial charge in [-0.3, -0.25) is 0 Å². The third kappa shape index (κ3) is 3.53. The van der Waals surface area contributed by atoms with Gasteiger partial charge < -0.3 is 9.64 Å². The summed E-state index contributed by atoms with van der Waals surface area (Å²) in [6, 6.07) is 7.28. The largest absolute Gasteiger partial charge is 0.497 e. The molecule has 0 unspecified atom stereocenters. The molecule has 0 amide bonds. The average Bonchev–Trinajstić information content (AvgIpc) is 2.39. The van der Waals surface area contributed by atoms with Gasteiger partial charge in [-0.2, -0.15) is 13.2 Å². The Morgan fingerprint density at radius 2 is 1.89 bits per heavy atom. The molecule has 2 nitrogen and oxygen atoms in total. The van der Waals surface area contributed by atoms with Gasteiger partial charge in [-0.05, 0) is 17.7 Å². The molecule has 5 heteroatoms. The number of methoxy groups -OCH3 is 1. The van der Waals surface area contributed by atoms with Crippen LogP contribution in [0.25, 0.3) is 0 Å². The number of alkyl halides is 3. The number of allylic oxidation sites excluding steroid dienone is 2. The predicted molar refractivity (Wildman–Crippen MR) is 66.7 cm³/mol. The molecule has 102 valence electrons. The van der Waals surface area contributed by atoms with Gasteiger partial charge in [0.2, 0.25) is 0 Å². The van der Waals surface area contributed by atoms with Crippen molar-refractivity contribution in [2.75, 3.05) is 13.7 Å². The minimum Gasteiger partial charge on any atom is -0.497 e. The predicted octanol–water partition coefficient (Wildman–Crippen LogP) is 3.51. The molecule has 0 saturated heterocycles. The van der Waals surface area contributed by atoms with Gasteiger partial charge in [0.1, 0.15) is 5.75 Å². The molecule has 0 N–H and O–H groups in total. The highest BCUT2D eigenvalue weighted by Crippen LogP contribution is 2.29. The van der Waals surface area contributed by atoms with Crippen molar-refractivity contribution >= 4 is 0 Å². The molecule has 0 saturated carbocycles. The van der Waals surface area contributed by atoms with E-state index in [1.165, 1.54) is 6.08 Å². The average molecular weight is 269 g/mol. The van der Waals surface area contributed by atoms with E-state index in [2.05, 4.69) is 0 Å². The third-order valence-electron chi connectivity index (χ3n) is 2.83. The number of benzene rings is 1. The van der Waals surface area contributed by atoms with Crippen LogP contribution in [0, 0.1) is 0 Å². The number of nitrogens with zero attached hydrogens (tertiary/aromatic N) is 1. The summed E-state index contributed by atoms with van der Waals surface area (Å²) in [5.41, 5.74) is 0.320. The lowest BCUT2D eigenvalue weighted by Crippen LogP contribution is -2.24. The second kappa shape index (κ2) is 5.38. The molecule has 1 aromatic rings. The summed E-state index contributed by atoms with van der Waals surface area (Å²) >= 11 is 0. The smallest absolute Gasteiger partial charge is 0.417 e. The monoisotopic (exact) mass is 269 g/mol. The van der Waals surface area contributed by atoms with Gasteiger partial charge in [0, 0.05) is 19.3 Å². The first-order valence-corrected chi connectivity index (χ1v) is 5.81. The summed E-state index contributed by atoms with van der Waals surface area (Å²) < 4.78 is 42.8. The van der Waals surface area contributed by atoms with Crippen molar-refractivity contribution in [1.82, 2.24) is 4.90 Å². The van der Waals surface area contributed by atoms with Crippen LogP contribution in [0.15, 0.2) is 48.2 Å². The molecule has 2 rings (SSSR count). The standard InChI is InChI=1S/C14H14F3NO/c1-19-13-6-4-11(5-7-13)9-18-8-2-3-12(10-18)14(15,16)17/h2-7,10H,8-9H2,1H3. The summed E-state index contributed by atoms with van der Waals surface area (Å²) in [7, 11) is 1.57. The first-order valence-electron chi connectivity index (χ1n) is 5.81. The van der Waals surface area contributed by atoms with E-state index in [4.69, 9.17) is 4.74 Å². The minimum absolute atomic E-state index is 0.438. The molecule has 0 spiro atoms. The Kier molecular flexibility index (Phi) is 3.83. The van der Waals surface area contributed by atoms with Crippen LogP contribution in [0.4, 0.5) is 13.2 Å². The Hall–Kier alpha value is -1.91. The van der Waals surface area contributed by atoms with Crippen molar-refractivity contribution in [3.63, 3.8) is 0 Å². The summed E-state index contributed by atoms with van der Waals surface area (Å²) in [4.78, 5) is 1.63. The molecule has 1 aromatic carbocycles. The van der Waals surface area contributed by atoms with E-state index in [1.54, 1.807) is 24.1 Å². The zero-order valence-electron chi connectivity index (χ0n) is 10.4. The van der Waals surface area contributed by atoms with Crippen molar-refractivity contribution in [1.29, 1.82) is 0 Å². The molecule has 0 bridgehead atoms. The van der Waals surface area contributed by atoms with Crippen LogP contribution < -0.4 is 4.74 Å². The molecule has 0 aromatic heterocycles. The molecule has 0 atom stereocenters. The molecule has 1 aliphatic heterocycles. The number of rotatable bonds is 3.